The molecule has 1 aliphatic rings. The van der Waals surface area contributed by atoms with Gasteiger partial charge in [-0.2, -0.15) is 4.73 Å². The molecule has 4 amide bonds. The molecule has 108 valence electrons. The van der Waals surface area contributed by atoms with Crippen LogP contribution in [0.25, 0.3) is 0 Å². The lowest BCUT2D eigenvalue weighted by molar-refractivity contribution is -0.605. The molecule has 0 unspecified atom stereocenters. The number of rotatable bonds is 2. The molecule has 2 N–H and O–H groups in total. The molecule has 0 spiro atoms. The molecule has 2 heterocycles. The molecule has 1 saturated heterocycles. The van der Waals surface area contributed by atoms with Gasteiger partial charge in [0.2, 0.25) is 11.8 Å². The van der Waals surface area contributed by atoms with E-state index in [-0.39, 0.29) is 0 Å². The Hall–Kier alpha value is -2.44. The van der Waals surface area contributed by atoms with E-state index in [0.29, 0.717) is 12.8 Å². The van der Waals surface area contributed by atoms with Gasteiger partial charge in [-0.15, -0.1) is 0 Å². The number of nitrogens with one attached hydrogen (secondary N) is 2. The fourth-order valence-corrected chi connectivity index (χ4v) is 1.85. The molecular formula is C13H17N3O4. The molecule has 0 radical (unpaired) electrons. The fourth-order valence-electron chi connectivity index (χ4n) is 1.85. The number of nitrogens with zero attached hydrogens (tertiary/aromatic N) is 1. The van der Waals surface area contributed by atoms with E-state index in [1.807, 2.05) is 0 Å². The molecule has 0 saturated carbocycles. The standard InChI is InChI=1S/C8H12N2O3.C5H5NO/c1-3-8(4-2)5(11)9-7(13)10-6(8)12;7-6-4-2-1-3-5-6/h3-4H2,1-2H3,(H2,9,10,11,12,13);1-5H. The Morgan fingerprint density at radius 3 is 1.75 bits per heavy atom. The van der Waals surface area contributed by atoms with E-state index in [4.69, 9.17) is 0 Å². The topological polar surface area (TPSA) is 102 Å². The van der Waals surface area contributed by atoms with E-state index in [2.05, 4.69) is 10.6 Å². The van der Waals surface area contributed by atoms with Crippen LogP contribution < -0.4 is 15.4 Å². The van der Waals surface area contributed by atoms with Crippen LogP contribution >= 0.6 is 0 Å². The molecule has 1 fully saturated rings. The molecule has 20 heavy (non-hydrogen) atoms. The summed E-state index contributed by atoms with van der Waals surface area (Å²) in [6.07, 6.45) is 3.68. The summed E-state index contributed by atoms with van der Waals surface area (Å²) >= 11 is 0. The number of urea groups is 1. The van der Waals surface area contributed by atoms with Crippen molar-refractivity contribution in [2.24, 2.45) is 5.41 Å². The summed E-state index contributed by atoms with van der Waals surface area (Å²) in [4.78, 5) is 33.6. The highest BCUT2D eigenvalue weighted by atomic mass is 16.5. The number of hydrogen-bond donors (Lipinski definition) is 2. The van der Waals surface area contributed by atoms with Gasteiger partial charge in [0.1, 0.15) is 5.41 Å². The average molecular weight is 279 g/mol. The van der Waals surface area contributed by atoms with E-state index in [9.17, 15) is 19.6 Å². The highest BCUT2D eigenvalue weighted by molar-refractivity contribution is 6.19. The largest absolute Gasteiger partial charge is 0.619 e. The normalized spacial score (nSPS) is 16.6. The second kappa shape index (κ2) is 6.65. The Morgan fingerprint density at radius 2 is 1.45 bits per heavy atom. The van der Waals surface area contributed by atoms with Crippen molar-refractivity contribution in [3.63, 3.8) is 0 Å². The van der Waals surface area contributed by atoms with E-state index in [0.717, 1.165) is 4.73 Å². The highest BCUT2D eigenvalue weighted by Crippen LogP contribution is 2.28. The zero-order valence-corrected chi connectivity index (χ0v) is 11.4. The van der Waals surface area contributed by atoms with Crippen LogP contribution in [-0.4, -0.2) is 17.8 Å². The van der Waals surface area contributed by atoms with Gasteiger partial charge in [0.15, 0.2) is 12.4 Å². The van der Waals surface area contributed by atoms with Gasteiger partial charge in [-0.3, -0.25) is 20.2 Å². The second-order valence-corrected chi connectivity index (χ2v) is 4.26. The first-order valence-electron chi connectivity index (χ1n) is 6.27. The Labute approximate surface area is 116 Å². The van der Waals surface area contributed by atoms with Crippen LogP contribution in [0, 0.1) is 10.6 Å². The number of imide groups is 2. The zero-order chi connectivity index (χ0) is 15.2. The summed E-state index contributed by atoms with van der Waals surface area (Å²) < 4.78 is 0.750. The third kappa shape index (κ3) is 3.31. The van der Waals surface area contributed by atoms with Crippen molar-refractivity contribution < 1.29 is 19.1 Å². The lowest BCUT2D eigenvalue weighted by atomic mass is 9.79. The summed E-state index contributed by atoms with van der Waals surface area (Å²) in [6, 6.07) is 4.45. The predicted octanol–water partition coefficient (Wildman–Crippen LogP) is 0.479. The van der Waals surface area contributed by atoms with Crippen LogP contribution in [0.1, 0.15) is 26.7 Å². The Morgan fingerprint density at radius 1 is 1.00 bits per heavy atom. The number of amides is 4. The van der Waals surface area contributed by atoms with E-state index >= 15 is 0 Å². The monoisotopic (exact) mass is 279 g/mol. The minimum Gasteiger partial charge on any atom is -0.619 e. The van der Waals surface area contributed by atoms with Crippen molar-refractivity contribution in [2.45, 2.75) is 26.7 Å². The summed E-state index contributed by atoms with van der Waals surface area (Å²) in [6.45, 7) is 3.50. The molecule has 7 nitrogen and oxygen atoms in total. The van der Waals surface area contributed by atoms with E-state index < -0.39 is 23.3 Å². The number of carbonyl (C=O) groups excluding carboxylic acids is 3. The third-order valence-electron chi connectivity index (χ3n) is 3.22. The molecule has 7 heteroatoms. The fraction of sp³-hybridized carbons (Fsp3) is 0.385. The Balaban J connectivity index is 0.000000240. The smallest absolute Gasteiger partial charge is 0.328 e. The van der Waals surface area contributed by atoms with Gasteiger partial charge in [-0.05, 0) is 12.8 Å². The summed E-state index contributed by atoms with van der Waals surface area (Å²) in [5.74, 6) is -0.988. The van der Waals surface area contributed by atoms with E-state index in [1.54, 1.807) is 32.0 Å². The molecule has 0 aliphatic carbocycles. The van der Waals surface area contributed by atoms with Crippen molar-refractivity contribution in [3.05, 3.63) is 35.8 Å². The number of hydrogen-bond acceptors (Lipinski definition) is 4. The number of aromatic nitrogens is 1. The van der Waals surface area contributed by atoms with Gasteiger partial charge >= 0.3 is 6.03 Å². The Kier molecular flexibility index (Phi) is 5.19. The number of carbonyl (C=O) groups is 3. The van der Waals surface area contributed by atoms with Gasteiger partial charge in [-0.25, -0.2) is 4.79 Å². The first-order valence-corrected chi connectivity index (χ1v) is 6.27. The van der Waals surface area contributed by atoms with Gasteiger partial charge in [-0.1, -0.05) is 19.9 Å². The zero-order valence-electron chi connectivity index (χ0n) is 11.4. The van der Waals surface area contributed by atoms with Crippen LogP contribution in [0.4, 0.5) is 4.79 Å². The average Bonchev–Trinajstić information content (AvgIpc) is 2.41. The quantitative estimate of drug-likeness (QED) is 0.467. The van der Waals surface area contributed by atoms with Crippen molar-refractivity contribution in [1.82, 2.24) is 10.6 Å². The van der Waals surface area contributed by atoms with Crippen molar-refractivity contribution >= 4 is 17.8 Å². The maximum absolute atomic E-state index is 11.4. The van der Waals surface area contributed by atoms with Crippen molar-refractivity contribution in [1.29, 1.82) is 0 Å². The SMILES string of the molecule is CCC1(CC)C(=O)NC(=O)NC1=O.[O-][n+]1ccccc1. The first-order chi connectivity index (χ1) is 9.46. The molecule has 1 aliphatic heterocycles. The lowest BCUT2D eigenvalue weighted by Crippen LogP contribution is -2.61. The second-order valence-electron chi connectivity index (χ2n) is 4.26. The van der Waals surface area contributed by atoms with Crippen LogP contribution in [-0.2, 0) is 9.59 Å². The van der Waals surface area contributed by atoms with Crippen LogP contribution in [0.2, 0.25) is 0 Å². The van der Waals surface area contributed by atoms with Crippen LogP contribution in [0.15, 0.2) is 30.6 Å². The van der Waals surface area contributed by atoms with Gasteiger partial charge < -0.3 is 5.21 Å². The van der Waals surface area contributed by atoms with Crippen LogP contribution in [0.5, 0.6) is 0 Å². The van der Waals surface area contributed by atoms with Crippen LogP contribution in [0.3, 0.4) is 0 Å². The number of barbiturate groups is 1. The summed E-state index contributed by atoms with van der Waals surface area (Å²) in [5.41, 5.74) is -1.06. The summed E-state index contributed by atoms with van der Waals surface area (Å²) in [5, 5.41) is 14.4. The van der Waals surface area contributed by atoms with Gasteiger partial charge in [0, 0.05) is 12.1 Å². The highest BCUT2D eigenvalue weighted by Gasteiger charge is 2.47. The maximum Gasteiger partial charge on any atom is 0.328 e. The molecule has 0 bridgehead atoms. The van der Waals surface area contributed by atoms with Gasteiger partial charge in [0.25, 0.3) is 0 Å². The predicted molar refractivity (Wildman–Crippen MR) is 70.1 cm³/mol. The first kappa shape index (κ1) is 15.6. The van der Waals surface area contributed by atoms with Crippen molar-refractivity contribution in [2.75, 3.05) is 0 Å². The maximum atomic E-state index is 11.4. The molecule has 1 aromatic heterocycles. The Bertz CT molecular complexity index is 476. The number of pyridine rings is 1. The molecule has 0 aromatic carbocycles. The molecular weight excluding hydrogens is 262 g/mol. The van der Waals surface area contributed by atoms with Gasteiger partial charge in [0.05, 0.1) is 0 Å². The minimum absolute atomic E-state index is 0.397. The van der Waals surface area contributed by atoms with E-state index in [1.165, 1.54) is 12.4 Å². The minimum atomic E-state index is -1.06. The van der Waals surface area contributed by atoms with Crippen molar-refractivity contribution in [3.8, 4) is 0 Å². The summed E-state index contributed by atoms with van der Waals surface area (Å²) in [7, 11) is 0. The molecule has 1 aromatic rings. The molecule has 2 rings (SSSR count). The lowest BCUT2D eigenvalue weighted by Gasteiger charge is -2.31. The molecule has 0 atom stereocenters. The third-order valence-corrected chi connectivity index (χ3v) is 3.22.